The minimum absolute atomic E-state index is 0.0888. The van der Waals surface area contributed by atoms with Crippen LogP contribution >= 0.6 is 0 Å². The smallest absolute Gasteiger partial charge is 0.253 e. The van der Waals surface area contributed by atoms with E-state index < -0.39 is 0 Å². The number of rotatable bonds is 7. The van der Waals surface area contributed by atoms with E-state index in [1.54, 1.807) is 43.6 Å². The Morgan fingerprint density at radius 1 is 1.23 bits per heavy atom. The number of phenolic OH excluding ortho intramolecular Hbond substituents is 1. The molecule has 0 bridgehead atoms. The van der Waals surface area contributed by atoms with Gasteiger partial charge >= 0.3 is 0 Å². The van der Waals surface area contributed by atoms with Gasteiger partial charge < -0.3 is 20.1 Å². The van der Waals surface area contributed by atoms with E-state index >= 15 is 0 Å². The van der Waals surface area contributed by atoms with Gasteiger partial charge in [-0.1, -0.05) is 13.0 Å². The van der Waals surface area contributed by atoms with Crippen LogP contribution in [0.4, 0.5) is 0 Å². The first-order chi connectivity index (χ1) is 17.1. The molecule has 9 nitrogen and oxygen atoms in total. The highest BCUT2D eigenvalue weighted by molar-refractivity contribution is 5.98. The predicted molar refractivity (Wildman–Crippen MR) is 134 cm³/mol. The maximum atomic E-state index is 12.9. The normalized spacial score (nSPS) is 15.0. The number of nitrogens with zero attached hydrogens (tertiary/aromatic N) is 4. The molecule has 178 valence electrons. The minimum Gasteiger partial charge on any atom is -0.507 e. The summed E-state index contributed by atoms with van der Waals surface area (Å²) < 4.78 is 5.38. The Morgan fingerprint density at radius 2 is 2.11 bits per heavy atom. The molecule has 0 spiro atoms. The van der Waals surface area contributed by atoms with E-state index in [2.05, 4.69) is 32.3 Å². The molecule has 3 N–H and O–H groups in total. The van der Waals surface area contributed by atoms with E-state index in [-0.39, 0.29) is 17.8 Å². The lowest BCUT2D eigenvalue weighted by Gasteiger charge is -2.24. The molecule has 1 aliphatic rings. The second kappa shape index (κ2) is 9.46. The monoisotopic (exact) mass is 470 g/mol. The molecule has 0 saturated carbocycles. The summed E-state index contributed by atoms with van der Waals surface area (Å²) in [5.74, 6) is 0.909. The third-order valence-electron chi connectivity index (χ3n) is 5.94. The molecule has 2 aromatic heterocycles. The summed E-state index contributed by atoms with van der Waals surface area (Å²) in [5, 5.41) is 19.8. The van der Waals surface area contributed by atoms with Crippen LogP contribution in [-0.2, 0) is 0 Å². The van der Waals surface area contributed by atoms with Crippen molar-refractivity contribution in [1.29, 1.82) is 0 Å². The number of methoxy groups -OCH3 is 1. The number of imidazole rings is 1. The van der Waals surface area contributed by atoms with Crippen LogP contribution in [0.15, 0.2) is 59.8 Å². The SMILES string of the molecule is CCCN1N=CCC1NC(=O)c1ccc2nc(-c3cc(-c4cccnc4OC)ccc3O)[nH]c2c1. The van der Waals surface area contributed by atoms with Gasteiger partial charge in [-0.25, -0.2) is 9.97 Å². The van der Waals surface area contributed by atoms with Crippen molar-refractivity contribution in [1.82, 2.24) is 25.3 Å². The van der Waals surface area contributed by atoms with Crippen LogP contribution in [0.1, 0.15) is 30.1 Å². The van der Waals surface area contributed by atoms with Crippen LogP contribution < -0.4 is 10.1 Å². The van der Waals surface area contributed by atoms with Gasteiger partial charge in [-0.05, 0) is 54.4 Å². The lowest BCUT2D eigenvalue weighted by Crippen LogP contribution is -2.43. The van der Waals surface area contributed by atoms with E-state index in [1.807, 2.05) is 29.4 Å². The number of ether oxygens (including phenoxy) is 1. The van der Waals surface area contributed by atoms with E-state index in [0.29, 0.717) is 40.3 Å². The van der Waals surface area contributed by atoms with Crippen molar-refractivity contribution in [3.63, 3.8) is 0 Å². The Hall–Kier alpha value is -4.40. The van der Waals surface area contributed by atoms with Gasteiger partial charge in [0.25, 0.3) is 5.91 Å². The second-order valence-electron chi connectivity index (χ2n) is 8.30. The lowest BCUT2D eigenvalue weighted by molar-refractivity contribution is 0.0874. The van der Waals surface area contributed by atoms with Crippen molar-refractivity contribution in [2.75, 3.05) is 13.7 Å². The quantitative estimate of drug-likeness (QED) is 0.373. The number of hydrogen-bond acceptors (Lipinski definition) is 7. The Kier molecular flexibility index (Phi) is 6.05. The predicted octanol–water partition coefficient (Wildman–Crippen LogP) is 4.16. The first-order valence-corrected chi connectivity index (χ1v) is 11.5. The molecule has 1 unspecified atom stereocenters. The largest absolute Gasteiger partial charge is 0.507 e. The number of nitrogens with one attached hydrogen (secondary N) is 2. The number of H-pyrrole nitrogens is 1. The number of fused-ring (bicyclic) bond motifs is 1. The Morgan fingerprint density at radius 3 is 2.94 bits per heavy atom. The number of hydrazone groups is 1. The van der Waals surface area contributed by atoms with Crippen molar-refractivity contribution < 1.29 is 14.6 Å². The molecule has 35 heavy (non-hydrogen) atoms. The summed E-state index contributed by atoms with van der Waals surface area (Å²) in [6.45, 7) is 2.87. The summed E-state index contributed by atoms with van der Waals surface area (Å²) in [7, 11) is 1.57. The summed E-state index contributed by atoms with van der Waals surface area (Å²) in [6.07, 6.45) is 4.98. The molecule has 1 aliphatic heterocycles. The highest BCUT2D eigenvalue weighted by atomic mass is 16.5. The molecule has 9 heteroatoms. The zero-order valence-corrected chi connectivity index (χ0v) is 19.5. The van der Waals surface area contributed by atoms with E-state index in [0.717, 1.165) is 24.1 Å². The van der Waals surface area contributed by atoms with Crippen LogP contribution in [-0.4, -0.2) is 57.0 Å². The molecule has 0 saturated heterocycles. The average molecular weight is 471 g/mol. The summed E-state index contributed by atoms with van der Waals surface area (Å²) in [6, 6.07) is 14.3. The molecule has 0 aliphatic carbocycles. The summed E-state index contributed by atoms with van der Waals surface area (Å²) in [5.41, 5.74) is 4.09. The number of aromatic amines is 1. The number of aromatic hydroxyl groups is 1. The van der Waals surface area contributed by atoms with Gasteiger partial charge in [0.1, 0.15) is 17.7 Å². The summed E-state index contributed by atoms with van der Waals surface area (Å²) >= 11 is 0. The molecular weight excluding hydrogens is 444 g/mol. The highest BCUT2D eigenvalue weighted by Crippen LogP contribution is 2.35. The van der Waals surface area contributed by atoms with Crippen molar-refractivity contribution in [3.8, 4) is 34.1 Å². The number of phenols is 1. The maximum Gasteiger partial charge on any atom is 0.253 e. The molecule has 1 amide bonds. The number of benzene rings is 2. The van der Waals surface area contributed by atoms with Crippen LogP contribution in [0.3, 0.4) is 0 Å². The van der Waals surface area contributed by atoms with Gasteiger partial charge in [0.2, 0.25) is 5.88 Å². The van der Waals surface area contributed by atoms with Crippen molar-refractivity contribution in [2.45, 2.75) is 25.9 Å². The minimum atomic E-state index is -0.173. The number of carbonyl (C=O) groups is 1. The molecule has 0 fully saturated rings. The molecule has 2 aromatic carbocycles. The fourth-order valence-corrected chi connectivity index (χ4v) is 4.21. The van der Waals surface area contributed by atoms with Crippen LogP contribution in [0.25, 0.3) is 33.5 Å². The van der Waals surface area contributed by atoms with Crippen LogP contribution in [0.2, 0.25) is 0 Å². The van der Waals surface area contributed by atoms with Crippen LogP contribution in [0.5, 0.6) is 11.6 Å². The number of pyridine rings is 1. The molecule has 5 rings (SSSR count). The molecule has 0 radical (unpaired) electrons. The van der Waals surface area contributed by atoms with Gasteiger partial charge in [0.15, 0.2) is 0 Å². The van der Waals surface area contributed by atoms with Gasteiger partial charge in [-0.15, -0.1) is 0 Å². The van der Waals surface area contributed by atoms with E-state index in [4.69, 9.17) is 4.74 Å². The maximum absolute atomic E-state index is 12.9. The van der Waals surface area contributed by atoms with Gasteiger partial charge in [0.05, 0.1) is 23.7 Å². The van der Waals surface area contributed by atoms with Gasteiger partial charge in [0, 0.05) is 36.5 Å². The highest BCUT2D eigenvalue weighted by Gasteiger charge is 2.23. The topological polar surface area (TPSA) is 116 Å². The van der Waals surface area contributed by atoms with Gasteiger partial charge in [-0.2, -0.15) is 5.10 Å². The Bertz CT molecular complexity index is 1410. The number of amides is 1. The fourth-order valence-electron chi connectivity index (χ4n) is 4.21. The fraction of sp³-hybridized carbons (Fsp3) is 0.231. The number of carbonyl (C=O) groups excluding carboxylic acids is 1. The molecule has 3 heterocycles. The first-order valence-electron chi connectivity index (χ1n) is 11.5. The Balaban J connectivity index is 1.43. The van der Waals surface area contributed by atoms with Crippen LogP contribution in [0, 0.1) is 0 Å². The lowest BCUT2D eigenvalue weighted by atomic mass is 10.0. The Labute approximate surface area is 202 Å². The third-order valence-corrected chi connectivity index (χ3v) is 5.94. The third kappa shape index (κ3) is 4.40. The van der Waals surface area contributed by atoms with Crippen molar-refractivity contribution in [3.05, 3.63) is 60.3 Å². The standard InChI is InChI=1S/C26H26N6O3/c1-3-13-32-23(10-12-28-32)31-25(34)17-6-8-20-21(15-17)30-24(29-20)19-14-16(7-9-22(19)33)18-5-4-11-27-26(18)35-2/h4-9,11-12,14-15,23,33H,3,10,13H2,1-2H3,(H,29,30)(H,31,34). The zero-order chi connectivity index (χ0) is 24.4. The van der Waals surface area contributed by atoms with E-state index in [1.165, 1.54) is 0 Å². The van der Waals surface area contributed by atoms with E-state index in [9.17, 15) is 9.90 Å². The van der Waals surface area contributed by atoms with Gasteiger partial charge in [-0.3, -0.25) is 9.80 Å². The number of hydrogen-bond donors (Lipinski definition) is 3. The zero-order valence-electron chi connectivity index (χ0n) is 19.5. The molecule has 1 atom stereocenters. The molecular formula is C26H26N6O3. The van der Waals surface area contributed by atoms with Crippen molar-refractivity contribution in [2.24, 2.45) is 5.10 Å². The average Bonchev–Trinajstić information content (AvgIpc) is 3.50. The molecule has 4 aromatic rings. The second-order valence-corrected chi connectivity index (χ2v) is 8.30. The van der Waals surface area contributed by atoms with Crippen molar-refractivity contribution >= 4 is 23.2 Å². The first kappa shape index (κ1) is 22.4. The number of aromatic nitrogens is 3. The summed E-state index contributed by atoms with van der Waals surface area (Å²) in [4.78, 5) is 25.0.